The first-order valence-electron chi connectivity index (χ1n) is 5.87. The lowest BCUT2D eigenvalue weighted by Crippen LogP contribution is -2.14. The highest BCUT2D eigenvalue weighted by Gasteiger charge is 2.16. The van der Waals surface area contributed by atoms with E-state index in [9.17, 15) is 0 Å². The zero-order valence-corrected chi connectivity index (χ0v) is 13.8. The predicted molar refractivity (Wildman–Crippen MR) is 86.1 cm³/mol. The molecule has 0 heterocycles. The van der Waals surface area contributed by atoms with E-state index in [1.807, 2.05) is 19.9 Å². The number of halogens is 3. The van der Waals surface area contributed by atoms with Crippen molar-refractivity contribution in [3.8, 4) is 0 Å². The van der Waals surface area contributed by atoms with E-state index in [4.69, 9.17) is 28.9 Å². The highest BCUT2D eigenvalue weighted by atomic mass is 79.9. The largest absolute Gasteiger partial charge is 0.320 e. The predicted octanol–water partition coefficient (Wildman–Crippen LogP) is 5.42. The number of hydrogen-bond acceptors (Lipinski definition) is 1. The first-order valence-corrected chi connectivity index (χ1v) is 7.42. The fourth-order valence-corrected chi connectivity index (χ4v) is 2.93. The van der Waals surface area contributed by atoms with E-state index in [2.05, 4.69) is 28.1 Å². The van der Waals surface area contributed by atoms with Crippen LogP contribution in [0, 0.1) is 13.8 Å². The van der Waals surface area contributed by atoms with Crippen molar-refractivity contribution in [1.82, 2.24) is 0 Å². The van der Waals surface area contributed by atoms with Gasteiger partial charge in [0.2, 0.25) is 0 Å². The lowest BCUT2D eigenvalue weighted by molar-refractivity contribution is 0.859. The Kier molecular flexibility index (Phi) is 4.57. The van der Waals surface area contributed by atoms with Gasteiger partial charge in [-0.1, -0.05) is 45.2 Å². The Balaban J connectivity index is 2.52. The molecule has 0 aliphatic rings. The Morgan fingerprint density at radius 3 is 2.37 bits per heavy atom. The maximum absolute atomic E-state index is 6.35. The summed E-state index contributed by atoms with van der Waals surface area (Å²) in [6.07, 6.45) is 0. The molecule has 0 aromatic heterocycles. The third-order valence-corrected chi connectivity index (χ3v) is 4.61. The van der Waals surface area contributed by atoms with Crippen molar-refractivity contribution in [3.63, 3.8) is 0 Å². The molecule has 1 unspecified atom stereocenters. The van der Waals surface area contributed by atoms with E-state index in [-0.39, 0.29) is 6.04 Å². The fourth-order valence-electron chi connectivity index (χ4n) is 2.06. The summed E-state index contributed by atoms with van der Waals surface area (Å²) in [4.78, 5) is 0. The van der Waals surface area contributed by atoms with Crippen molar-refractivity contribution in [2.45, 2.75) is 19.9 Å². The summed E-state index contributed by atoms with van der Waals surface area (Å²) < 4.78 is 1.08. The number of benzene rings is 2. The van der Waals surface area contributed by atoms with Gasteiger partial charge in [-0.25, -0.2) is 0 Å². The van der Waals surface area contributed by atoms with E-state index < -0.39 is 0 Å². The summed E-state index contributed by atoms with van der Waals surface area (Å²) in [6, 6.07) is 9.24. The van der Waals surface area contributed by atoms with Crippen LogP contribution < -0.4 is 5.73 Å². The van der Waals surface area contributed by atoms with Gasteiger partial charge in [0.05, 0.1) is 6.04 Å². The van der Waals surface area contributed by atoms with Crippen LogP contribution in [0.15, 0.2) is 34.8 Å². The Hall–Kier alpha value is -0.540. The van der Waals surface area contributed by atoms with Crippen LogP contribution in [0.1, 0.15) is 28.3 Å². The molecular weight excluding hydrogens is 345 g/mol. The second kappa shape index (κ2) is 5.84. The van der Waals surface area contributed by atoms with Gasteiger partial charge >= 0.3 is 0 Å². The third kappa shape index (κ3) is 3.14. The van der Waals surface area contributed by atoms with Crippen molar-refractivity contribution >= 4 is 39.1 Å². The average Bonchev–Trinajstić information content (AvgIpc) is 2.36. The van der Waals surface area contributed by atoms with Crippen LogP contribution in [0.5, 0.6) is 0 Å². The van der Waals surface area contributed by atoms with Crippen molar-refractivity contribution in [3.05, 3.63) is 67.1 Å². The lowest BCUT2D eigenvalue weighted by Gasteiger charge is -2.18. The van der Waals surface area contributed by atoms with E-state index in [1.165, 1.54) is 0 Å². The highest BCUT2D eigenvalue weighted by Crippen LogP contribution is 2.32. The molecule has 4 heteroatoms. The smallest absolute Gasteiger partial charge is 0.0569 e. The molecule has 0 saturated carbocycles. The first-order chi connectivity index (χ1) is 8.90. The average molecular weight is 359 g/mol. The monoisotopic (exact) mass is 357 g/mol. The van der Waals surface area contributed by atoms with Crippen molar-refractivity contribution < 1.29 is 0 Å². The Labute approximate surface area is 131 Å². The molecule has 1 nitrogen and oxygen atoms in total. The van der Waals surface area contributed by atoms with Gasteiger partial charge in [0.1, 0.15) is 0 Å². The molecular formula is C15H14BrCl2N. The molecule has 2 aromatic carbocycles. The summed E-state index contributed by atoms with van der Waals surface area (Å²) in [5.41, 5.74) is 10.5. The molecule has 0 aliphatic heterocycles. The minimum Gasteiger partial charge on any atom is -0.320 e. The molecule has 1 atom stereocenters. The SMILES string of the molecule is Cc1cc(C(N)c2cc(Cl)ccc2Cl)c(C)cc1Br. The Bertz CT molecular complexity index is 626. The van der Waals surface area contributed by atoms with Crippen molar-refractivity contribution in [2.75, 3.05) is 0 Å². The molecule has 0 radical (unpaired) electrons. The molecule has 0 spiro atoms. The number of rotatable bonds is 2. The van der Waals surface area contributed by atoms with E-state index in [1.54, 1.807) is 12.1 Å². The zero-order chi connectivity index (χ0) is 14.2. The molecule has 0 amide bonds. The Morgan fingerprint density at radius 2 is 1.68 bits per heavy atom. The maximum Gasteiger partial charge on any atom is 0.0569 e. The lowest BCUT2D eigenvalue weighted by atomic mass is 9.94. The van der Waals surface area contributed by atoms with Crippen LogP contribution in [0.4, 0.5) is 0 Å². The summed E-state index contributed by atoms with van der Waals surface area (Å²) in [5, 5.41) is 1.28. The number of nitrogens with two attached hydrogens (primary N) is 1. The fraction of sp³-hybridized carbons (Fsp3) is 0.200. The van der Waals surface area contributed by atoms with Gasteiger partial charge in [-0.05, 0) is 60.4 Å². The summed E-state index contributed by atoms with van der Waals surface area (Å²) in [7, 11) is 0. The molecule has 2 aromatic rings. The molecule has 0 saturated heterocycles. The molecule has 0 aliphatic carbocycles. The minimum absolute atomic E-state index is 0.280. The van der Waals surface area contributed by atoms with Gasteiger partial charge < -0.3 is 5.73 Å². The van der Waals surface area contributed by atoms with Crippen LogP contribution in [0.2, 0.25) is 10.0 Å². The topological polar surface area (TPSA) is 26.0 Å². The molecule has 2 N–H and O–H groups in total. The second-order valence-electron chi connectivity index (χ2n) is 4.60. The maximum atomic E-state index is 6.35. The van der Waals surface area contributed by atoms with Gasteiger partial charge in [-0.15, -0.1) is 0 Å². The number of hydrogen-bond donors (Lipinski definition) is 1. The van der Waals surface area contributed by atoms with Gasteiger partial charge in [0, 0.05) is 14.5 Å². The van der Waals surface area contributed by atoms with Crippen LogP contribution >= 0.6 is 39.1 Å². The minimum atomic E-state index is -0.280. The zero-order valence-electron chi connectivity index (χ0n) is 10.7. The van der Waals surface area contributed by atoms with Crippen molar-refractivity contribution in [1.29, 1.82) is 0 Å². The summed E-state index contributed by atoms with van der Waals surface area (Å²) in [5.74, 6) is 0. The third-order valence-electron chi connectivity index (χ3n) is 3.18. The molecule has 19 heavy (non-hydrogen) atoms. The van der Waals surface area contributed by atoms with E-state index in [0.717, 1.165) is 26.7 Å². The van der Waals surface area contributed by atoms with Gasteiger partial charge in [-0.2, -0.15) is 0 Å². The van der Waals surface area contributed by atoms with E-state index in [0.29, 0.717) is 10.0 Å². The first kappa shape index (κ1) is 14.9. The van der Waals surface area contributed by atoms with Crippen molar-refractivity contribution in [2.24, 2.45) is 5.73 Å². The van der Waals surface area contributed by atoms with Crippen LogP contribution in [0.3, 0.4) is 0 Å². The van der Waals surface area contributed by atoms with Gasteiger partial charge in [-0.3, -0.25) is 0 Å². The summed E-state index contributed by atoms with van der Waals surface area (Å²) in [6.45, 7) is 4.08. The molecule has 0 bridgehead atoms. The Morgan fingerprint density at radius 1 is 1.00 bits per heavy atom. The van der Waals surface area contributed by atoms with E-state index >= 15 is 0 Å². The molecule has 0 fully saturated rings. The normalized spacial score (nSPS) is 12.5. The highest BCUT2D eigenvalue weighted by molar-refractivity contribution is 9.10. The quantitative estimate of drug-likeness (QED) is 0.761. The second-order valence-corrected chi connectivity index (χ2v) is 6.30. The van der Waals surface area contributed by atoms with Crippen LogP contribution in [-0.4, -0.2) is 0 Å². The van der Waals surface area contributed by atoms with Gasteiger partial charge in [0.15, 0.2) is 0 Å². The number of aryl methyl sites for hydroxylation is 2. The molecule has 100 valence electrons. The van der Waals surface area contributed by atoms with Crippen LogP contribution in [-0.2, 0) is 0 Å². The standard InChI is InChI=1S/C15H14BrCl2N/c1-8-6-13(16)9(2)5-11(8)15(19)12-7-10(17)3-4-14(12)18/h3-7,15H,19H2,1-2H3. The summed E-state index contributed by atoms with van der Waals surface area (Å²) >= 11 is 15.8. The van der Waals surface area contributed by atoms with Gasteiger partial charge in [0.25, 0.3) is 0 Å². The molecule has 2 rings (SSSR count). The van der Waals surface area contributed by atoms with Crippen LogP contribution in [0.25, 0.3) is 0 Å².